The van der Waals surface area contributed by atoms with Crippen molar-refractivity contribution in [3.05, 3.63) is 65.4 Å². The summed E-state index contributed by atoms with van der Waals surface area (Å²) < 4.78 is 37.0. The molecule has 7 nitrogen and oxygen atoms in total. The number of aryl methyl sites for hydroxylation is 1. The molecule has 190 valence electrons. The second-order valence-electron chi connectivity index (χ2n) is 10.4. The molecule has 1 aromatic carbocycles. The van der Waals surface area contributed by atoms with Crippen molar-refractivity contribution < 1.29 is 13.5 Å². The molecule has 0 unspecified atom stereocenters. The third-order valence-electron chi connectivity index (χ3n) is 7.81. The number of rotatable bonds is 5. The lowest BCUT2D eigenvalue weighted by Gasteiger charge is -2.34. The molecule has 7 rings (SSSR count). The molecule has 3 aromatic heterocycles. The van der Waals surface area contributed by atoms with E-state index in [1.807, 2.05) is 23.9 Å². The number of halogens is 2. The van der Waals surface area contributed by atoms with Gasteiger partial charge in [0, 0.05) is 54.4 Å². The van der Waals surface area contributed by atoms with Crippen LogP contribution in [-0.4, -0.2) is 44.4 Å². The van der Waals surface area contributed by atoms with E-state index in [0.29, 0.717) is 41.6 Å². The zero-order valence-corrected chi connectivity index (χ0v) is 20.7. The Kier molecular flexibility index (Phi) is 5.42. The molecule has 0 radical (unpaired) electrons. The SMILES string of the molecule is Cc1nc2nc([C@H]3CCO[C@@H](c4cnn(C5CC5)c4)C3)nc(-c3ccc(F)cc3F)c2cc1N1CCC1. The Morgan fingerprint density at radius 2 is 1.89 bits per heavy atom. The smallest absolute Gasteiger partial charge is 0.163 e. The average molecular weight is 503 g/mol. The van der Waals surface area contributed by atoms with Crippen LogP contribution in [0.15, 0.2) is 36.7 Å². The number of aromatic nitrogens is 5. The summed E-state index contributed by atoms with van der Waals surface area (Å²) >= 11 is 0. The summed E-state index contributed by atoms with van der Waals surface area (Å²) in [6.45, 7) is 4.49. The second-order valence-corrected chi connectivity index (χ2v) is 10.4. The van der Waals surface area contributed by atoms with Gasteiger partial charge in [0.2, 0.25) is 0 Å². The van der Waals surface area contributed by atoms with E-state index in [-0.39, 0.29) is 17.6 Å². The first kappa shape index (κ1) is 22.7. The highest BCUT2D eigenvalue weighted by Gasteiger charge is 2.31. The van der Waals surface area contributed by atoms with Crippen molar-refractivity contribution in [2.24, 2.45) is 0 Å². The van der Waals surface area contributed by atoms with Gasteiger partial charge in [0.15, 0.2) is 5.65 Å². The number of fused-ring (bicyclic) bond motifs is 1. The van der Waals surface area contributed by atoms with E-state index in [1.54, 1.807) is 0 Å². The Morgan fingerprint density at radius 3 is 2.65 bits per heavy atom. The minimum absolute atomic E-state index is 0.0202. The highest BCUT2D eigenvalue weighted by molar-refractivity contribution is 5.93. The number of hydrogen-bond acceptors (Lipinski definition) is 6. The summed E-state index contributed by atoms with van der Waals surface area (Å²) in [6.07, 6.45) is 8.84. The van der Waals surface area contributed by atoms with Crippen LogP contribution in [-0.2, 0) is 4.74 Å². The maximum absolute atomic E-state index is 15.0. The van der Waals surface area contributed by atoms with Crippen LogP contribution in [0.25, 0.3) is 22.3 Å². The van der Waals surface area contributed by atoms with Gasteiger partial charge in [0.25, 0.3) is 0 Å². The molecule has 2 aliphatic heterocycles. The van der Waals surface area contributed by atoms with Crippen LogP contribution in [0.2, 0.25) is 0 Å². The molecule has 0 bridgehead atoms. The van der Waals surface area contributed by atoms with E-state index in [1.165, 1.54) is 25.0 Å². The van der Waals surface area contributed by atoms with Gasteiger partial charge >= 0.3 is 0 Å². The third kappa shape index (κ3) is 4.15. The number of anilines is 1. The van der Waals surface area contributed by atoms with Gasteiger partial charge in [-0.15, -0.1) is 0 Å². The molecular formula is C28H28F2N6O. The summed E-state index contributed by atoms with van der Waals surface area (Å²) in [5.41, 5.74) is 4.21. The predicted octanol–water partition coefficient (Wildman–Crippen LogP) is 5.66. The monoisotopic (exact) mass is 502 g/mol. The van der Waals surface area contributed by atoms with Crippen molar-refractivity contribution in [1.82, 2.24) is 24.7 Å². The van der Waals surface area contributed by atoms with Gasteiger partial charge in [-0.05, 0) is 57.2 Å². The Hall–Kier alpha value is -3.46. The minimum atomic E-state index is -0.644. The molecule has 0 spiro atoms. The molecule has 4 aromatic rings. The molecule has 0 amide bonds. The van der Waals surface area contributed by atoms with Gasteiger partial charge in [-0.25, -0.2) is 23.7 Å². The molecule has 5 heterocycles. The maximum Gasteiger partial charge on any atom is 0.163 e. The molecule has 1 aliphatic carbocycles. The normalized spacial score (nSPS) is 21.9. The largest absolute Gasteiger partial charge is 0.373 e. The van der Waals surface area contributed by atoms with Crippen molar-refractivity contribution in [3.63, 3.8) is 0 Å². The first-order valence-electron chi connectivity index (χ1n) is 13.1. The molecule has 2 saturated heterocycles. The van der Waals surface area contributed by atoms with Crippen LogP contribution in [0.4, 0.5) is 14.5 Å². The Balaban J connectivity index is 1.30. The summed E-state index contributed by atoms with van der Waals surface area (Å²) in [6, 6.07) is 6.16. The van der Waals surface area contributed by atoms with E-state index in [9.17, 15) is 4.39 Å². The van der Waals surface area contributed by atoms with Crippen LogP contribution < -0.4 is 4.90 Å². The van der Waals surface area contributed by atoms with E-state index in [2.05, 4.69) is 16.2 Å². The predicted molar refractivity (Wildman–Crippen MR) is 135 cm³/mol. The van der Waals surface area contributed by atoms with Gasteiger partial charge < -0.3 is 9.64 Å². The Labute approximate surface area is 213 Å². The highest BCUT2D eigenvalue weighted by atomic mass is 19.1. The van der Waals surface area contributed by atoms with E-state index in [0.717, 1.165) is 48.9 Å². The molecular weight excluding hydrogens is 474 g/mol. The zero-order chi connectivity index (χ0) is 25.1. The number of pyridine rings is 1. The Bertz CT molecular complexity index is 1500. The number of benzene rings is 1. The average Bonchev–Trinajstić information content (AvgIpc) is 3.59. The fourth-order valence-electron chi connectivity index (χ4n) is 5.42. The van der Waals surface area contributed by atoms with Gasteiger partial charge in [-0.1, -0.05) is 0 Å². The van der Waals surface area contributed by atoms with Gasteiger partial charge in [0.05, 0.1) is 35.4 Å². The lowest BCUT2D eigenvalue weighted by Crippen LogP contribution is -2.37. The Morgan fingerprint density at radius 1 is 1.03 bits per heavy atom. The van der Waals surface area contributed by atoms with Gasteiger partial charge in [0.1, 0.15) is 17.5 Å². The second kappa shape index (κ2) is 8.83. The summed E-state index contributed by atoms with van der Waals surface area (Å²) in [7, 11) is 0. The zero-order valence-electron chi connectivity index (χ0n) is 20.7. The maximum atomic E-state index is 15.0. The first-order chi connectivity index (χ1) is 18.0. The quantitative estimate of drug-likeness (QED) is 0.351. The van der Waals surface area contributed by atoms with Crippen LogP contribution in [0.5, 0.6) is 0 Å². The summed E-state index contributed by atoms with van der Waals surface area (Å²) in [5.74, 6) is -0.618. The lowest BCUT2D eigenvalue weighted by molar-refractivity contribution is 0.00396. The number of hydrogen-bond donors (Lipinski definition) is 0. The molecule has 3 fully saturated rings. The summed E-state index contributed by atoms with van der Waals surface area (Å²) in [4.78, 5) is 16.9. The number of ether oxygens (including phenoxy) is 1. The molecule has 0 N–H and O–H groups in total. The fraction of sp³-hybridized carbons (Fsp3) is 0.429. The topological polar surface area (TPSA) is 69.0 Å². The third-order valence-corrected chi connectivity index (χ3v) is 7.81. The van der Waals surface area contributed by atoms with Crippen LogP contribution >= 0.6 is 0 Å². The molecule has 9 heteroatoms. The van der Waals surface area contributed by atoms with Crippen molar-refractivity contribution >= 4 is 16.7 Å². The van der Waals surface area contributed by atoms with Crippen LogP contribution in [0.1, 0.15) is 67.2 Å². The van der Waals surface area contributed by atoms with E-state index in [4.69, 9.17) is 19.7 Å². The molecule has 37 heavy (non-hydrogen) atoms. The lowest BCUT2D eigenvalue weighted by atomic mass is 9.92. The standard InChI is InChI=1S/C28H28F2N6O/c1-16-24(35-8-2-9-35)13-22-26(21-6-3-19(29)12-23(21)30)33-27(34-28(22)32-16)17-7-10-37-25(11-17)18-14-31-36(15-18)20-4-5-20/h3,6,12-15,17,20,25H,2,4-5,7-11H2,1H3/t17-,25+/m0/s1. The van der Waals surface area contributed by atoms with Crippen molar-refractivity contribution in [3.8, 4) is 11.3 Å². The van der Waals surface area contributed by atoms with E-state index < -0.39 is 11.6 Å². The molecule has 2 atom stereocenters. The fourth-order valence-corrected chi connectivity index (χ4v) is 5.42. The molecule has 1 saturated carbocycles. The van der Waals surface area contributed by atoms with Gasteiger partial charge in [-0.2, -0.15) is 5.10 Å². The first-order valence-corrected chi connectivity index (χ1v) is 13.1. The van der Waals surface area contributed by atoms with Crippen molar-refractivity contribution in [2.75, 3.05) is 24.6 Å². The number of nitrogens with zero attached hydrogens (tertiary/aromatic N) is 6. The van der Waals surface area contributed by atoms with Crippen LogP contribution in [0.3, 0.4) is 0 Å². The van der Waals surface area contributed by atoms with Gasteiger partial charge in [-0.3, -0.25) is 4.68 Å². The molecule has 3 aliphatic rings. The van der Waals surface area contributed by atoms with Crippen molar-refractivity contribution in [2.45, 2.75) is 57.1 Å². The van der Waals surface area contributed by atoms with Crippen LogP contribution in [0, 0.1) is 18.6 Å². The minimum Gasteiger partial charge on any atom is -0.373 e. The van der Waals surface area contributed by atoms with E-state index >= 15 is 4.39 Å². The van der Waals surface area contributed by atoms with Crippen molar-refractivity contribution in [1.29, 1.82) is 0 Å². The summed E-state index contributed by atoms with van der Waals surface area (Å²) in [5, 5.41) is 5.20. The highest BCUT2D eigenvalue weighted by Crippen LogP contribution is 2.40.